The monoisotopic (exact) mass is 435 g/mol. The fourth-order valence-electron chi connectivity index (χ4n) is 3.31. The summed E-state index contributed by atoms with van der Waals surface area (Å²) in [7, 11) is 0. The zero-order valence-electron chi connectivity index (χ0n) is 17.3. The van der Waals surface area contributed by atoms with E-state index in [0.717, 1.165) is 18.6 Å². The first kappa shape index (κ1) is 22.9. The summed E-state index contributed by atoms with van der Waals surface area (Å²) in [4.78, 5) is 20.6. The highest BCUT2D eigenvalue weighted by Gasteiger charge is 2.54. The first-order valence-electron chi connectivity index (χ1n) is 9.81. The van der Waals surface area contributed by atoms with Crippen LogP contribution in [0, 0.1) is 5.82 Å². The molecule has 2 heterocycles. The molecule has 0 spiro atoms. The summed E-state index contributed by atoms with van der Waals surface area (Å²) in [5.41, 5.74) is 4.43. The van der Waals surface area contributed by atoms with Gasteiger partial charge in [0.25, 0.3) is 5.92 Å². The number of ketones is 1. The third kappa shape index (κ3) is 4.94. The Bertz CT molecular complexity index is 980. The number of carbonyl (C=O) groups is 1. The molecule has 0 fully saturated rings. The van der Waals surface area contributed by atoms with Crippen LogP contribution >= 0.6 is 0 Å². The maximum atomic E-state index is 14.8. The predicted molar refractivity (Wildman–Crippen MR) is 109 cm³/mol. The summed E-state index contributed by atoms with van der Waals surface area (Å²) in [5, 5.41) is 0. The second kappa shape index (κ2) is 9.15. The summed E-state index contributed by atoms with van der Waals surface area (Å²) in [6, 6.07) is 6.96. The maximum Gasteiger partial charge on any atom is 0.299 e. The largest absolute Gasteiger partial charge is 0.385 e. The lowest BCUT2D eigenvalue weighted by Gasteiger charge is -2.33. The molecule has 3 rings (SSSR count). The average molecular weight is 435 g/mol. The molecule has 0 aliphatic carbocycles. The van der Waals surface area contributed by atoms with E-state index in [2.05, 4.69) is 9.98 Å². The number of pyridine rings is 1. The smallest absolute Gasteiger partial charge is 0.299 e. The molecule has 166 valence electrons. The Morgan fingerprint density at radius 1 is 1.26 bits per heavy atom. The van der Waals surface area contributed by atoms with Crippen molar-refractivity contribution in [2.45, 2.75) is 38.3 Å². The highest BCUT2D eigenvalue weighted by molar-refractivity contribution is 5.95. The average Bonchev–Trinajstić information content (AvgIpc) is 2.83. The Labute approximate surface area is 178 Å². The summed E-state index contributed by atoms with van der Waals surface area (Å²) in [6.07, 6.45) is 1.41. The lowest BCUT2D eigenvalue weighted by atomic mass is 9.84. The van der Waals surface area contributed by atoms with Gasteiger partial charge in [-0.1, -0.05) is 12.1 Å². The molecule has 9 heteroatoms. The number of aliphatic imine (C=N–C) groups is 1. The fourth-order valence-corrected chi connectivity index (χ4v) is 3.31. The minimum Gasteiger partial charge on any atom is -0.385 e. The summed E-state index contributed by atoms with van der Waals surface area (Å²) in [5.74, 6) is -4.85. The van der Waals surface area contributed by atoms with E-state index in [1.54, 1.807) is 18.3 Å². The molecule has 1 aliphatic heterocycles. The van der Waals surface area contributed by atoms with E-state index >= 15 is 0 Å². The Morgan fingerprint density at radius 2 is 2.00 bits per heavy atom. The minimum atomic E-state index is -3.50. The SMILES string of the molecule is CCOCc1ccc(C(=O)Cc2ccc(F)c([C@@]3(C)N=C(N)COCC3(F)F)c2)nc1. The summed E-state index contributed by atoms with van der Waals surface area (Å²) < 4.78 is 54.4. The van der Waals surface area contributed by atoms with Crippen LogP contribution in [-0.2, 0) is 28.0 Å². The summed E-state index contributed by atoms with van der Waals surface area (Å²) >= 11 is 0. The number of benzene rings is 1. The zero-order chi connectivity index (χ0) is 22.6. The van der Waals surface area contributed by atoms with Crippen molar-refractivity contribution < 1.29 is 27.4 Å². The highest BCUT2D eigenvalue weighted by Crippen LogP contribution is 2.43. The molecular formula is C22H24F3N3O3. The Balaban J connectivity index is 1.87. The molecule has 1 aliphatic rings. The number of hydrogen-bond acceptors (Lipinski definition) is 6. The highest BCUT2D eigenvalue weighted by atomic mass is 19.3. The van der Waals surface area contributed by atoms with E-state index in [1.807, 2.05) is 6.92 Å². The number of nitrogens with two attached hydrogens (primary N) is 1. The van der Waals surface area contributed by atoms with Gasteiger partial charge >= 0.3 is 0 Å². The topological polar surface area (TPSA) is 86.8 Å². The normalized spacial score (nSPS) is 20.7. The molecule has 0 bridgehead atoms. The van der Waals surface area contributed by atoms with E-state index in [4.69, 9.17) is 15.2 Å². The lowest BCUT2D eigenvalue weighted by Crippen LogP contribution is -2.45. The molecule has 0 saturated carbocycles. The number of aromatic nitrogens is 1. The molecule has 2 N–H and O–H groups in total. The van der Waals surface area contributed by atoms with Crippen LogP contribution in [0.1, 0.15) is 41.0 Å². The van der Waals surface area contributed by atoms with Gasteiger partial charge < -0.3 is 15.2 Å². The van der Waals surface area contributed by atoms with Gasteiger partial charge in [0.05, 0.1) is 6.61 Å². The van der Waals surface area contributed by atoms with Gasteiger partial charge in [0.15, 0.2) is 11.3 Å². The van der Waals surface area contributed by atoms with Crippen molar-refractivity contribution >= 4 is 11.6 Å². The number of nitrogens with zero attached hydrogens (tertiary/aromatic N) is 2. The molecular weight excluding hydrogens is 411 g/mol. The van der Waals surface area contributed by atoms with Crippen molar-refractivity contribution in [2.24, 2.45) is 10.7 Å². The second-order valence-corrected chi connectivity index (χ2v) is 7.48. The molecule has 0 amide bonds. The van der Waals surface area contributed by atoms with Gasteiger partial charge in [-0.3, -0.25) is 14.8 Å². The van der Waals surface area contributed by atoms with Crippen LogP contribution in [0.3, 0.4) is 0 Å². The third-order valence-electron chi connectivity index (χ3n) is 5.12. The van der Waals surface area contributed by atoms with Crippen LogP contribution in [0.5, 0.6) is 0 Å². The van der Waals surface area contributed by atoms with Crippen LogP contribution in [0.4, 0.5) is 13.2 Å². The van der Waals surface area contributed by atoms with E-state index in [0.29, 0.717) is 18.8 Å². The number of alkyl halides is 2. The van der Waals surface area contributed by atoms with E-state index < -0.39 is 23.9 Å². The number of rotatable bonds is 7. The number of amidine groups is 1. The first-order valence-corrected chi connectivity index (χ1v) is 9.81. The third-order valence-corrected chi connectivity index (χ3v) is 5.12. The van der Waals surface area contributed by atoms with Gasteiger partial charge in [0.2, 0.25) is 0 Å². The summed E-state index contributed by atoms with van der Waals surface area (Å²) in [6.45, 7) is 2.72. The van der Waals surface area contributed by atoms with Crippen molar-refractivity contribution in [2.75, 3.05) is 19.8 Å². The van der Waals surface area contributed by atoms with Crippen molar-refractivity contribution in [1.29, 1.82) is 0 Å². The molecule has 31 heavy (non-hydrogen) atoms. The maximum absolute atomic E-state index is 14.8. The van der Waals surface area contributed by atoms with Gasteiger partial charge in [0.1, 0.15) is 30.6 Å². The second-order valence-electron chi connectivity index (χ2n) is 7.48. The van der Waals surface area contributed by atoms with Crippen LogP contribution in [0.2, 0.25) is 0 Å². The number of hydrogen-bond donors (Lipinski definition) is 1. The standard InChI is InChI=1S/C22H24F3N3O3/c1-3-30-11-15-5-7-18(27-10-15)19(29)9-14-4-6-17(23)16(8-14)21(2)22(24,25)13-31-12-20(26)28-21/h4-8,10H,3,9,11-13H2,1-2H3,(H2,26,28)/t21-/m1/s1. The van der Waals surface area contributed by atoms with Gasteiger partial charge in [-0.25, -0.2) is 13.2 Å². The quantitative estimate of drug-likeness (QED) is 0.674. The lowest BCUT2D eigenvalue weighted by molar-refractivity contribution is -0.116. The predicted octanol–water partition coefficient (Wildman–Crippen LogP) is 3.42. The molecule has 0 unspecified atom stereocenters. The van der Waals surface area contributed by atoms with Crippen LogP contribution in [-0.4, -0.2) is 42.3 Å². The van der Waals surface area contributed by atoms with E-state index in [9.17, 15) is 18.0 Å². The molecule has 6 nitrogen and oxygen atoms in total. The van der Waals surface area contributed by atoms with Crippen LogP contribution in [0.25, 0.3) is 0 Å². The molecule has 0 saturated heterocycles. The first-order chi connectivity index (χ1) is 14.7. The fraction of sp³-hybridized carbons (Fsp3) is 0.409. The number of halogens is 3. The Morgan fingerprint density at radius 3 is 2.68 bits per heavy atom. The van der Waals surface area contributed by atoms with Gasteiger partial charge in [-0.2, -0.15) is 0 Å². The molecule has 1 aromatic carbocycles. The van der Waals surface area contributed by atoms with Crippen LogP contribution < -0.4 is 5.73 Å². The molecule has 1 aromatic heterocycles. The molecule has 0 radical (unpaired) electrons. The van der Waals surface area contributed by atoms with Crippen LogP contribution in [0.15, 0.2) is 41.5 Å². The van der Waals surface area contributed by atoms with Gasteiger partial charge in [-0.05, 0) is 43.2 Å². The van der Waals surface area contributed by atoms with E-state index in [1.165, 1.54) is 12.1 Å². The number of carbonyl (C=O) groups excluding carboxylic acids is 1. The number of ether oxygens (including phenoxy) is 2. The van der Waals surface area contributed by atoms with Crippen molar-refractivity contribution in [3.05, 3.63) is 64.7 Å². The zero-order valence-corrected chi connectivity index (χ0v) is 17.3. The Kier molecular flexibility index (Phi) is 6.76. The number of Topliss-reactive ketones (excluding diaryl/α,β-unsaturated/α-hetero) is 1. The minimum absolute atomic E-state index is 0.136. The van der Waals surface area contributed by atoms with Gasteiger partial charge in [0, 0.05) is 24.8 Å². The Hall–Kier alpha value is -2.78. The van der Waals surface area contributed by atoms with E-state index in [-0.39, 0.29) is 35.9 Å². The van der Waals surface area contributed by atoms with Crippen molar-refractivity contribution in [3.63, 3.8) is 0 Å². The van der Waals surface area contributed by atoms with Gasteiger partial charge in [-0.15, -0.1) is 0 Å². The van der Waals surface area contributed by atoms with Crippen molar-refractivity contribution in [3.8, 4) is 0 Å². The van der Waals surface area contributed by atoms with Crippen molar-refractivity contribution in [1.82, 2.24) is 4.98 Å². The molecule has 2 aromatic rings. The molecule has 1 atom stereocenters.